The molecule has 13 heavy (non-hydrogen) atoms. The zero-order valence-corrected chi connectivity index (χ0v) is 6.61. The van der Waals surface area contributed by atoms with Gasteiger partial charge in [0.2, 0.25) is 11.2 Å². The molecule has 0 radical (unpaired) electrons. The average Bonchev–Trinajstić information content (AvgIpc) is 1.80. The Labute approximate surface area is 72.6 Å². The van der Waals surface area contributed by atoms with Gasteiger partial charge >= 0.3 is 18.4 Å². The molecule has 1 atom stereocenters. The number of amides is 4. The Kier molecular flexibility index (Phi) is 4.51. The number of imide groups is 1. The Morgan fingerprint density at radius 2 is 1.54 bits per heavy atom. The predicted octanol–water partition coefficient (Wildman–Crippen LogP) is -0.367. The fourth-order valence-corrected chi connectivity index (χ4v) is 0.714. The molecule has 1 unspecified atom stereocenters. The van der Waals surface area contributed by atoms with Gasteiger partial charge < -0.3 is 0 Å². The summed E-state index contributed by atoms with van der Waals surface area (Å²) in [5.41, 5.74) is 0. The van der Waals surface area contributed by atoms with Gasteiger partial charge in [0.25, 0.3) is 0 Å². The standard InChI is InChI=1S/C3H3F2N3O4S/c4-1(9)6-3(11)8-13(12)7-2(5)10/h(H,7,10)(H2,6,8,9,11). The Balaban J connectivity index is 3.85. The maximum atomic E-state index is 11.4. The summed E-state index contributed by atoms with van der Waals surface area (Å²) in [6.45, 7) is 0. The van der Waals surface area contributed by atoms with Crippen LogP contribution >= 0.6 is 0 Å². The smallest absolute Gasteiger partial charge is 0.249 e. The highest BCUT2D eigenvalue weighted by Gasteiger charge is 2.10. The summed E-state index contributed by atoms with van der Waals surface area (Å²) in [4.78, 5) is 29.4. The molecule has 0 saturated heterocycles. The Bertz CT molecular complexity index is 243. The van der Waals surface area contributed by atoms with Gasteiger partial charge in [0.05, 0.1) is 0 Å². The first kappa shape index (κ1) is 11.4. The van der Waals surface area contributed by atoms with Gasteiger partial charge in [-0.1, -0.05) is 0 Å². The first-order chi connectivity index (χ1) is 5.91. The van der Waals surface area contributed by atoms with Crippen molar-refractivity contribution in [2.24, 2.45) is 0 Å². The second-order valence-corrected chi connectivity index (χ2v) is 2.42. The molecule has 0 aliphatic heterocycles. The van der Waals surface area contributed by atoms with Crippen LogP contribution in [0.2, 0.25) is 0 Å². The monoisotopic (exact) mass is 215 g/mol. The molecule has 0 spiro atoms. The molecule has 0 saturated carbocycles. The van der Waals surface area contributed by atoms with Crippen LogP contribution < -0.4 is 14.8 Å². The van der Waals surface area contributed by atoms with Crippen molar-refractivity contribution >= 4 is 29.5 Å². The minimum Gasteiger partial charge on any atom is -0.249 e. The molecule has 0 aliphatic carbocycles. The van der Waals surface area contributed by atoms with Crippen LogP contribution in [0.1, 0.15) is 0 Å². The topological polar surface area (TPSA) is 104 Å². The van der Waals surface area contributed by atoms with Gasteiger partial charge in [-0.15, -0.1) is 8.78 Å². The number of carbonyl (C=O) groups is 3. The highest BCUT2D eigenvalue weighted by atomic mass is 32.2. The number of rotatable bonds is 2. The second kappa shape index (κ2) is 5.13. The molecule has 0 aliphatic rings. The van der Waals surface area contributed by atoms with Crippen LogP contribution in [0.15, 0.2) is 0 Å². The van der Waals surface area contributed by atoms with Crippen molar-refractivity contribution in [1.29, 1.82) is 0 Å². The largest absolute Gasteiger partial charge is 0.410 e. The van der Waals surface area contributed by atoms with Crippen molar-refractivity contribution < 1.29 is 27.4 Å². The van der Waals surface area contributed by atoms with Crippen molar-refractivity contribution in [2.75, 3.05) is 0 Å². The van der Waals surface area contributed by atoms with Gasteiger partial charge in [-0.25, -0.2) is 33.4 Å². The van der Waals surface area contributed by atoms with Crippen LogP contribution in [0.25, 0.3) is 0 Å². The van der Waals surface area contributed by atoms with Crippen molar-refractivity contribution in [1.82, 2.24) is 14.8 Å². The van der Waals surface area contributed by atoms with Crippen molar-refractivity contribution in [3.8, 4) is 0 Å². The molecule has 3 N–H and O–H groups in total. The van der Waals surface area contributed by atoms with Crippen LogP contribution in [-0.2, 0) is 11.2 Å². The second-order valence-electron chi connectivity index (χ2n) is 1.47. The van der Waals surface area contributed by atoms with Crippen molar-refractivity contribution in [3.05, 3.63) is 0 Å². The number of hydrogen-bond donors (Lipinski definition) is 3. The molecular weight excluding hydrogens is 212 g/mol. The van der Waals surface area contributed by atoms with E-state index in [1.54, 1.807) is 0 Å². The molecule has 4 amide bonds. The number of urea groups is 1. The van der Waals surface area contributed by atoms with Crippen LogP contribution in [0.3, 0.4) is 0 Å². The lowest BCUT2D eigenvalue weighted by Crippen LogP contribution is -2.43. The molecule has 74 valence electrons. The van der Waals surface area contributed by atoms with E-state index in [2.05, 4.69) is 0 Å². The lowest BCUT2D eigenvalue weighted by atomic mass is 11.0. The maximum absolute atomic E-state index is 11.4. The normalized spacial score (nSPS) is 11.2. The molecule has 7 nitrogen and oxygen atoms in total. The molecule has 10 heteroatoms. The number of halogens is 2. The fourth-order valence-electron chi connectivity index (χ4n) is 0.297. The minimum atomic E-state index is -2.55. The predicted molar refractivity (Wildman–Crippen MR) is 36.0 cm³/mol. The Morgan fingerprint density at radius 1 is 1.00 bits per heavy atom. The summed E-state index contributed by atoms with van der Waals surface area (Å²) in [5, 5.41) is 1.02. The first-order valence-corrected chi connectivity index (χ1v) is 3.72. The van der Waals surface area contributed by atoms with Crippen LogP contribution in [0, 0.1) is 0 Å². The molecule has 0 aromatic rings. The summed E-state index contributed by atoms with van der Waals surface area (Å²) in [6.07, 6.45) is -4.33. The molecule has 0 bridgehead atoms. The highest BCUT2D eigenvalue weighted by Crippen LogP contribution is 1.76. The average molecular weight is 215 g/mol. The quantitative estimate of drug-likeness (QED) is 0.431. The number of hydrogen-bond acceptors (Lipinski definition) is 4. The van der Waals surface area contributed by atoms with E-state index in [1.807, 2.05) is 0 Å². The van der Waals surface area contributed by atoms with Gasteiger partial charge in [-0.2, -0.15) is 0 Å². The molecule has 0 heterocycles. The van der Waals surface area contributed by atoms with Gasteiger partial charge in [-0.3, -0.25) is 0 Å². The molecule has 0 aromatic heterocycles. The van der Waals surface area contributed by atoms with E-state index in [9.17, 15) is 27.4 Å². The fraction of sp³-hybridized carbons (Fsp3) is 0. The summed E-state index contributed by atoms with van der Waals surface area (Å²) < 4.78 is 35.6. The third kappa shape index (κ3) is 6.80. The highest BCUT2D eigenvalue weighted by molar-refractivity contribution is 7.82. The first-order valence-electron chi connectivity index (χ1n) is 2.57. The molecule has 0 fully saturated rings. The minimum absolute atomic E-state index is 1.02. The van der Waals surface area contributed by atoms with E-state index >= 15 is 0 Å². The van der Waals surface area contributed by atoms with Gasteiger partial charge in [0.15, 0.2) is 0 Å². The molecule has 0 aromatic carbocycles. The van der Waals surface area contributed by atoms with E-state index in [1.165, 1.54) is 4.72 Å². The van der Waals surface area contributed by atoms with Crippen LogP contribution in [-0.4, -0.2) is 22.6 Å². The van der Waals surface area contributed by atoms with E-state index in [4.69, 9.17) is 0 Å². The van der Waals surface area contributed by atoms with Gasteiger partial charge in [0, 0.05) is 0 Å². The van der Waals surface area contributed by atoms with Crippen molar-refractivity contribution in [2.45, 2.75) is 0 Å². The lowest BCUT2D eigenvalue weighted by molar-refractivity contribution is 0.216. The number of carbonyl (C=O) groups excluding carboxylic acids is 3. The molecule has 0 rings (SSSR count). The number of nitrogens with one attached hydrogen (secondary N) is 3. The zero-order valence-electron chi connectivity index (χ0n) is 5.80. The summed E-state index contributed by atoms with van der Waals surface area (Å²) in [7, 11) is 0. The summed E-state index contributed by atoms with van der Waals surface area (Å²) in [5.74, 6) is 0. The van der Waals surface area contributed by atoms with E-state index < -0.39 is 29.5 Å². The Morgan fingerprint density at radius 3 is 1.92 bits per heavy atom. The third-order valence-corrected chi connectivity index (χ3v) is 1.29. The van der Waals surface area contributed by atoms with Crippen LogP contribution in [0.5, 0.6) is 0 Å². The Hall–Kier alpha value is -1.58. The van der Waals surface area contributed by atoms with Gasteiger partial charge in [-0.05, 0) is 0 Å². The van der Waals surface area contributed by atoms with E-state index in [0.29, 0.717) is 0 Å². The van der Waals surface area contributed by atoms with Crippen molar-refractivity contribution in [3.63, 3.8) is 0 Å². The SMILES string of the molecule is O=C(F)NC(=O)NS(=O)NC(=O)F. The zero-order chi connectivity index (χ0) is 10.4. The summed E-state index contributed by atoms with van der Waals surface area (Å²) >= 11 is -2.55. The van der Waals surface area contributed by atoms with Crippen LogP contribution in [0.4, 0.5) is 23.2 Å². The molecular formula is C3H3F2N3O4S. The summed E-state index contributed by atoms with van der Waals surface area (Å²) in [6, 6.07) is -1.47. The van der Waals surface area contributed by atoms with E-state index in [-0.39, 0.29) is 0 Å². The third-order valence-electron chi connectivity index (χ3n) is 0.570. The van der Waals surface area contributed by atoms with Gasteiger partial charge in [0.1, 0.15) is 0 Å². The maximum Gasteiger partial charge on any atom is 0.410 e. The van der Waals surface area contributed by atoms with E-state index in [0.717, 1.165) is 10.0 Å². The lowest BCUT2D eigenvalue weighted by Gasteiger charge is -2.01.